The van der Waals surface area contributed by atoms with Crippen molar-refractivity contribution in [3.63, 3.8) is 0 Å². The molecule has 0 aliphatic carbocycles. The fraction of sp³-hybridized carbons (Fsp3) is 0.750. The molecule has 0 spiro atoms. The summed E-state index contributed by atoms with van der Waals surface area (Å²) in [6.45, 7) is 2.77. The Morgan fingerprint density at radius 1 is 1.60 bits per heavy atom. The third kappa shape index (κ3) is 2.97. The van der Waals surface area contributed by atoms with Crippen LogP contribution in [0.1, 0.15) is 20.3 Å². The standard InChI is InChI=1S/C8H10Cl3NO3/c1-4(13)15-6-7(2,9)3-8(10,11)5(14)12-6/h5,14H,3H2,1-2H3/t5-,7-/m0/s1. The van der Waals surface area contributed by atoms with E-state index in [9.17, 15) is 9.90 Å². The molecule has 2 atom stereocenters. The number of esters is 1. The van der Waals surface area contributed by atoms with E-state index in [4.69, 9.17) is 39.5 Å². The Balaban J connectivity index is 3.00. The molecule has 1 aliphatic heterocycles. The van der Waals surface area contributed by atoms with Crippen molar-refractivity contribution in [3.8, 4) is 0 Å². The normalized spacial score (nSPS) is 34.5. The number of aliphatic imine (C=N–C) groups is 1. The number of carbonyl (C=O) groups is 1. The highest BCUT2D eigenvalue weighted by atomic mass is 35.5. The first-order valence-corrected chi connectivity index (χ1v) is 5.30. The van der Waals surface area contributed by atoms with Crippen LogP contribution in [0, 0.1) is 0 Å². The lowest BCUT2D eigenvalue weighted by molar-refractivity contribution is -0.133. The highest BCUT2D eigenvalue weighted by Crippen LogP contribution is 2.42. The monoisotopic (exact) mass is 273 g/mol. The van der Waals surface area contributed by atoms with Crippen LogP contribution in [0.2, 0.25) is 0 Å². The molecule has 0 amide bonds. The van der Waals surface area contributed by atoms with Gasteiger partial charge in [-0.25, -0.2) is 4.99 Å². The summed E-state index contributed by atoms with van der Waals surface area (Å²) in [7, 11) is 0. The van der Waals surface area contributed by atoms with E-state index in [1.165, 1.54) is 6.92 Å². The van der Waals surface area contributed by atoms with Crippen LogP contribution in [0.3, 0.4) is 0 Å². The maximum absolute atomic E-state index is 10.8. The number of carbonyl (C=O) groups excluding carboxylic acids is 1. The first-order chi connectivity index (χ1) is 6.65. The lowest BCUT2D eigenvalue weighted by atomic mass is 10.00. The summed E-state index contributed by atoms with van der Waals surface area (Å²) in [5.41, 5.74) is 0. The van der Waals surface area contributed by atoms with E-state index in [-0.39, 0.29) is 12.3 Å². The van der Waals surface area contributed by atoms with Crippen molar-refractivity contribution in [1.29, 1.82) is 0 Å². The quantitative estimate of drug-likeness (QED) is 0.542. The summed E-state index contributed by atoms with van der Waals surface area (Å²) < 4.78 is 3.30. The number of hydrogen-bond donors (Lipinski definition) is 1. The largest absolute Gasteiger partial charge is 0.410 e. The van der Waals surface area contributed by atoms with Gasteiger partial charge in [0.2, 0.25) is 5.90 Å². The topological polar surface area (TPSA) is 58.9 Å². The Morgan fingerprint density at radius 3 is 2.60 bits per heavy atom. The molecular formula is C8H10Cl3NO3. The van der Waals surface area contributed by atoms with Gasteiger partial charge in [-0.1, -0.05) is 23.2 Å². The Bertz CT molecular complexity index is 314. The van der Waals surface area contributed by atoms with Gasteiger partial charge in [-0.15, -0.1) is 11.6 Å². The second kappa shape index (κ2) is 4.09. The summed E-state index contributed by atoms with van der Waals surface area (Å²) >= 11 is 17.6. The van der Waals surface area contributed by atoms with Gasteiger partial charge in [0, 0.05) is 13.3 Å². The predicted octanol–water partition coefficient (Wildman–Crippen LogP) is 1.84. The molecule has 15 heavy (non-hydrogen) atoms. The van der Waals surface area contributed by atoms with Crippen molar-refractivity contribution in [3.05, 3.63) is 0 Å². The third-order valence-corrected chi connectivity index (χ3v) is 2.82. The van der Waals surface area contributed by atoms with Crippen LogP contribution in [0.4, 0.5) is 0 Å². The average molecular weight is 275 g/mol. The van der Waals surface area contributed by atoms with E-state index in [0.717, 1.165) is 0 Å². The van der Waals surface area contributed by atoms with Crippen molar-refractivity contribution in [2.24, 2.45) is 4.99 Å². The fourth-order valence-corrected chi connectivity index (χ4v) is 2.29. The lowest BCUT2D eigenvalue weighted by Gasteiger charge is -2.36. The van der Waals surface area contributed by atoms with E-state index in [2.05, 4.69) is 4.99 Å². The summed E-state index contributed by atoms with van der Waals surface area (Å²) in [6.07, 6.45) is -1.33. The van der Waals surface area contributed by atoms with Gasteiger partial charge in [-0.05, 0) is 6.92 Å². The minimum atomic E-state index is -1.47. The predicted molar refractivity (Wildman–Crippen MR) is 58.5 cm³/mol. The van der Waals surface area contributed by atoms with Gasteiger partial charge in [0.15, 0.2) is 10.6 Å². The Labute approximate surface area is 102 Å². The molecule has 0 radical (unpaired) electrons. The molecule has 7 heteroatoms. The molecule has 0 aromatic heterocycles. The second-order valence-corrected chi connectivity index (χ2v) is 5.91. The third-order valence-electron chi connectivity index (χ3n) is 1.87. The number of aliphatic hydroxyl groups excluding tert-OH is 1. The van der Waals surface area contributed by atoms with Gasteiger partial charge < -0.3 is 9.84 Å². The number of halogens is 3. The maximum Gasteiger partial charge on any atom is 0.309 e. The minimum Gasteiger partial charge on any atom is -0.410 e. The zero-order valence-corrected chi connectivity index (χ0v) is 10.4. The molecule has 4 nitrogen and oxygen atoms in total. The Hall–Kier alpha value is -0.0300. The van der Waals surface area contributed by atoms with E-state index < -0.39 is 21.4 Å². The maximum atomic E-state index is 10.8. The van der Waals surface area contributed by atoms with E-state index >= 15 is 0 Å². The van der Waals surface area contributed by atoms with E-state index in [1.54, 1.807) is 6.92 Å². The van der Waals surface area contributed by atoms with Gasteiger partial charge >= 0.3 is 5.97 Å². The zero-order valence-electron chi connectivity index (χ0n) is 8.13. The van der Waals surface area contributed by atoms with E-state index in [1.807, 2.05) is 0 Å². The molecule has 1 N–H and O–H groups in total. The van der Waals surface area contributed by atoms with Crippen LogP contribution in [0.15, 0.2) is 4.99 Å². The van der Waals surface area contributed by atoms with Crippen molar-refractivity contribution < 1.29 is 14.6 Å². The van der Waals surface area contributed by atoms with Crippen LogP contribution in [0.25, 0.3) is 0 Å². The Morgan fingerprint density at radius 2 is 2.13 bits per heavy atom. The van der Waals surface area contributed by atoms with Crippen molar-refractivity contribution in [1.82, 2.24) is 0 Å². The van der Waals surface area contributed by atoms with Crippen LogP contribution in [-0.4, -0.2) is 32.4 Å². The first-order valence-electron chi connectivity index (χ1n) is 4.17. The van der Waals surface area contributed by atoms with Crippen LogP contribution in [-0.2, 0) is 9.53 Å². The highest BCUT2D eigenvalue weighted by Gasteiger charge is 2.49. The van der Waals surface area contributed by atoms with Gasteiger partial charge in [-0.2, -0.15) is 0 Å². The van der Waals surface area contributed by atoms with Crippen molar-refractivity contribution in [2.45, 2.75) is 35.7 Å². The number of ether oxygens (including phenoxy) is 1. The Kier molecular flexibility index (Phi) is 3.55. The molecule has 0 unspecified atom stereocenters. The van der Waals surface area contributed by atoms with Crippen LogP contribution < -0.4 is 0 Å². The smallest absolute Gasteiger partial charge is 0.309 e. The summed E-state index contributed by atoms with van der Waals surface area (Å²) in [5.74, 6) is -0.634. The number of hydrogen-bond acceptors (Lipinski definition) is 4. The molecule has 0 aromatic carbocycles. The molecule has 0 saturated carbocycles. The minimum absolute atomic E-state index is 0.0257. The molecule has 0 aromatic rings. The van der Waals surface area contributed by atoms with Gasteiger partial charge in [-0.3, -0.25) is 4.79 Å². The molecule has 86 valence electrons. The SMILES string of the molecule is CC(=O)OC1=N[C@@H](O)C(Cl)(Cl)C[C@]1(C)Cl. The number of nitrogens with zero attached hydrogens (tertiary/aromatic N) is 1. The van der Waals surface area contributed by atoms with Crippen LogP contribution >= 0.6 is 34.8 Å². The summed E-state index contributed by atoms with van der Waals surface area (Å²) in [5, 5.41) is 9.45. The van der Waals surface area contributed by atoms with E-state index in [0.29, 0.717) is 0 Å². The van der Waals surface area contributed by atoms with Crippen LogP contribution in [0.5, 0.6) is 0 Å². The summed E-state index contributed by atoms with van der Waals surface area (Å²) in [6, 6.07) is 0. The fourth-order valence-electron chi connectivity index (χ4n) is 1.22. The molecule has 0 saturated heterocycles. The number of alkyl halides is 3. The first kappa shape index (κ1) is 13.0. The zero-order chi connectivity index (χ0) is 11.9. The summed E-state index contributed by atoms with van der Waals surface area (Å²) in [4.78, 5) is 13.3. The second-order valence-electron chi connectivity index (χ2n) is 3.54. The molecule has 0 bridgehead atoms. The molecular weight excluding hydrogens is 264 g/mol. The van der Waals surface area contributed by atoms with Crippen molar-refractivity contribution in [2.75, 3.05) is 0 Å². The molecule has 1 rings (SSSR count). The average Bonchev–Trinajstić information content (AvgIpc) is 1.97. The van der Waals surface area contributed by atoms with Gasteiger partial charge in [0.05, 0.1) is 0 Å². The molecule has 0 fully saturated rings. The molecule has 1 heterocycles. The van der Waals surface area contributed by atoms with Crippen molar-refractivity contribution >= 4 is 46.7 Å². The van der Waals surface area contributed by atoms with Gasteiger partial charge in [0.1, 0.15) is 4.87 Å². The molecule has 1 aliphatic rings. The number of rotatable bonds is 0. The lowest BCUT2D eigenvalue weighted by Crippen LogP contribution is -2.48. The number of aliphatic hydroxyl groups is 1. The van der Waals surface area contributed by atoms with Gasteiger partial charge in [0.25, 0.3) is 0 Å². The highest BCUT2D eigenvalue weighted by molar-refractivity contribution is 6.50.